The molecule has 1 atom stereocenters. The van der Waals surface area contributed by atoms with Crippen molar-refractivity contribution in [3.05, 3.63) is 29.6 Å². The SMILES string of the molecule is Cc1cc(C(CC2CC2)NN)ccn1. The molecule has 1 aromatic heterocycles. The monoisotopic (exact) mass is 191 g/mol. The molecule has 2 rings (SSSR count). The third-order valence-corrected chi connectivity index (χ3v) is 2.79. The van der Waals surface area contributed by atoms with Gasteiger partial charge < -0.3 is 0 Å². The van der Waals surface area contributed by atoms with Crippen LogP contribution in [0, 0.1) is 12.8 Å². The summed E-state index contributed by atoms with van der Waals surface area (Å²) in [5.41, 5.74) is 5.20. The fourth-order valence-corrected chi connectivity index (χ4v) is 1.77. The average molecular weight is 191 g/mol. The largest absolute Gasteiger partial charge is 0.271 e. The minimum absolute atomic E-state index is 0.296. The maximum absolute atomic E-state index is 5.56. The number of rotatable bonds is 4. The Balaban J connectivity index is 2.08. The molecular weight excluding hydrogens is 174 g/mol. The number of aryl methyl sites for hydroxylation is 1. The first-order valence-corrected chi connectivity index (χ1v) is 5.18. The predicted molar refractivity (Wildman–Crippen MR) is 56.4 cm³/mol. The molecule has 0 bridgehead atoms. The Bertz CT molecular complexity index is 307. The number of nitrogens with two attached hydrogens (primary N) is 1. The molecule has 76 valence electrons. The van der Waals surface area contributed by atoms with Crippen LogP contribution in [-0.4, -0.2) is 4.98 Å². The molecule has 14 heavy (non-hydrogen) atoms. The lowest BCUT2D eigenvalue weighted by atomic mass is 10.0. The van der Waals surface area contributed by atoms with E-state index in [0.29, 0.717) is 6.04 Å². The van der Waals surface area contributed by atoms with E-state index < -0.39 is 0 Å². The number of aromatic nitrogens is 1. The topological polar surface area (TPSA) is 50.9 Å². The molecule has 0 aromatic carbocycles. The van der Waals surface area contributed by atoms with Crippen molar-refractivity contribution >= 4 is 0 Å². The molecule has 1 heterocycles. The van der Waals surface area contributed by atoms with Crippen molar-refractivity contribution in [3.63, 3.8) is 0 Å². The average Bonchev–Trinajstić information content (AvgIpc) is 2.98. The van der Waals surface area contributed by atoms with E-state index in [9.17, 15) is 0 Å². The summed E-state index contributed by atoms with van der Waals surface area (Å²) in [5, 5.41) is 0. The minimum atomic E-state index is 0.296. The van der Waals surface area contributed by atoms with Crippen molar-refractivity contribution in [2.75, 3.05) is 0 Å². The van der Waals surface area contributed by atoms with Gasteiger partial charge in [-0.15, -0.1) is 0 Å². The van der Waals surface area contributed by atoms with E-state index in [-0.39, 0.29) is 0 Å². The summed E-state index contributed by atoms with van der Waals surface area (Å²) >= 11 is 0. The van der Waals surface area contributed by atoms with Crippen LogP contribution < -0.4 is 11.3 Å². The number of pyridine rings is 1. The van der Waals surface area contributed by atoms with Crippen molar-refractivity contribution in [2.45, 2.75) is 32.2 Å². The highest BCUT2D eigenvalue weighted by molar-refractivity contribution is 5.19. The minimum Gasteiger partial charge on any atom is -0.271 e. The molecule has 0 aliphatic heterocycles. The second kappa shape index (κ2) is 4.07. The van der Waals surface area contributed by atoms with E-state index in [1.807, 2.05) is 19.2 Å². The van der Waals surface area contributed by atoms with Crippen LogP contribution in [0.4, 0.5) is 0 Å². The summed E-state index contributed by atoms with van der Waals surface area (Å²) in [6.07, 6.45) is 5.73. The molecule has 0 amide bonds. The zero-order valence-electron chi connectivity index (χ0n) is 8.53. The molecule has 1 saturated carbocycles. The van der Waals surface area contributed by atoms with Gasteiger partial charge in [-0.3, -0.25) is 16.3 Å². The third kappa shape index (κ3) is 2.30. The first-order valence-electron chi connectivity index (χ1n) is 5.18. The number of nitrogens with zero attached hydrogens (tertiary/aromatic N) is 1. The van der Waals surface area contributed by atoms with E-state index in [0.717, 1.165) is 18.0 Å². The molecule has 1 aliphatic rings. The highest BCUT2D eigenvalue weighted by atomic mass is 15.2. The van der Waals surface area contributed by atoms with Crippen LogP contribution in [-0.2, 0) is 0 Å². The number of hydrazine groups is 1. The fourth-order valence-electron chi connectivity index (χ4n) is 1.77. The molecule has 1 aliphatic carbocycles. The zero-order chi connectivity index (χ0) is 9.97. The Morgan fingerprint density at radius 1 is 1.64 bits per heavy atom. The van der Waals surface area contributed by atoms with Gasteiger partial charge in [-0.2, -0.15) is 0 Å². The van der Waals surface area contributed by atoms with Gasteiger partial charge in [0.1, 0.15) is 0 Å². The van der Waals surface area contributed by atoms with Crippen molar-refractivity contribution in [1.82, 2.24) is 10.4 Å². The Labute approximate surface area is 84.7 Å². The lowest BCUT2D eigenvalue weighted by Crippen LogP contribution is -2.28. The highest BCUT2D eigenvalue weighted by Crippen LogP contribution is 2.37. The summed E-state index contributed by atoms with van der Waals surface area (Å²) in [4.78, 5) is 4.18. The van der Waals surface area contributed by atoms with Crippen LogP contribution in [0.3, 0.4) is 0 Å². The van der Waals surface area contributed by atoms with E-state index in [1.54, 1.807) is 0 Å². The van der Waals surface area contributed by atoms with Crippen LogP contribution in [0.2, 0.25) is 0 Å². The first-order chi connectivity index (χ1) is 6.79. The summed E-state index contributed by atoms with van der Waals surface area (Å²) in [6, 6.07) is 4.44. The van der Waals surface area contributed by atoms with Crippen LogP contribution in [0.25, 0.3) is 0 Å². The van der Waals surface area contributed by atoms with Crippen LogP contribution in [0.15, 0.2) is 18.3 Å². The second-order valence-corrected chi connectivity index (χ2v) is 4.13. The smallest absolute Gasteiger partial charge is 0.0463 e. The molecule has 0 radical (unpaired) electrons. The second-order valence-electron chi connectivity index (χ2n) is 4.13. The molecular formula is C11H17N3. The standard InChI is InChI=1S/C11H17N3/c1-8-6-10(4-5-13-8)11(14-12)7-9-2-3-9/h4-6,9,11,14H,2-3,7,12H2,1H3. The molecule has 3 nitrogen and oxygen atoms in total. The van der Waals surface area contributed by atoms with Gasteiger partial charge in [0.25, 0.3) is 0 Å². The lowest BCUT2D eigenvalue weighted by molar-refractivity contribution is 0.486. The van der Waals surface area contributed by atoms with E-state index in [4.69, 9.17) is 5.84 Å². The summed E-state index contributed by atoms with van der Waals surface area (Å²) in [7, 11) is 0. The fraction of sp³-hybridized carbons (Fsp3) is 0.545. The van der Waals surface area contributed by atoms with Crippen molar-refractivity contribution in [2.24, 2.45) is 11.8 Å². The van der Waals surface area contributed by atoms with Gasteiger partial charge in [-0.05, 0) is 37.0 Å². The molecule has 0 saturated heterocycles. The summed E-state index contributed by atoms with van der Waals surface area (Å²) in [6.45, 7) is 2.01. The van der Waals surface area contributed by atoms with Gasteiger partial charge in [-0.25, -0.2) is 0 Å². The van der Waals surface area contributed by atoms with Crippen molar-refractivity contribution < 1.29 is 0 Å². The molecule has 1 unspecified atom stereocenters. The van der Waals surface area contributed by atoms with Gasteiger partial charge in [0.05, 0.1) is 0 Å². The van der Waals surface area contributed by atoms with Gasteiger partial charge in [0, 0.05) is 17.9 Å². The molecule has 1 aromatic rings. The van der Waals surface area contributed by atoms with Crippen LogP contribution >= 0.6 is 0 Å². The van der Waals surface area contributed by atoms with E-state index in [1.165, 1.54) is 18.4 Å². The van der Waals surface area contributed by atoms with Gasteiger partial charge in [0.2, 0.25) is 0 Å². The first kappa shape index (κ1) is 9.62. The van der Waals surface area contributed by atoms with Crippen molar-refractivity contribution in [1.29, 1.82) is 0 Å². The quantitative estimate of drug-likeness (QED) is 0.562. The van der Waals surface area contributed by atoms with E-state index >= 15 is 0 Å². The van der Waals surface area contributed by atoms with Gasteiger partial charge in [0.15, 0.2) is 0 Å². The predicted octanol–water partition coefficient (Wildman–Crippen LogP) is 1.69. The normalized spacial score (nSPS) is 18.1. The van der Waals surface area contributed by atoms with E-state index in [2.05, 4.69) is 16.5 Å². The number of hydrogen-bond donors (Lipinski definition) is 2. The van der Waals surface area contributed by atoms with Gasteiger partial charge in [-0.1, -0.05) is 12.8 Å². The maximum atomic E-state index is 5.56. The Morgan fingerprint density at radius 3 is 3.00 bits per heavy atom. The maximum Gasteiger partial charge on any atom is 0.0463 e. The molecule has 1 fully saturated rings. The van der Waals surface area contributed by atoms with Crippen LogP contribution in [0.1, 0.15) is 36.6 Å². The Hall–Kier alpha value is -0.930. The lowest BCUT2D eigenvalue weighted by Gasteiger charge is -2.15. The Kier molecular flexibility index (Phi) is 2.79. The third-order valence-electron chi connectivity index (χ3n) is 2.79. The molecule has 3 heteroatoms. The molecule has 0 spiro atoms. The summed E-state index contributed by atoms with van der Waals surface area (Å²) < 4.78 is 0. The molecule has 3 N–H and O–H groups in total. The number of hydrogen-bond acceptors (Lipinski definition) is 3. The summed E-state index contributed by atoms with van der Waals surface area (Å²) in [5.74, 6) is 6.44. The zero-order valence-corrected chi connectivity index (χ0v) is 8.53. The van der Waals surface area contributed by atoms with Crippen molar-refractivity contribution in [3.8, 4) is 0 Å². The highest BCUT2D eigenvalue weighted by Gasteiger charge is 2.25. The Morgan fingerprint density at radius 2 is 2.43 bits per heavy atom. The van der Waals surface area contributed by atoms with Crippen LogP contribution in [0.5, 0.6) is 0 Å². The van der Waals surface area contributed by atoms with Gasteiger partial charge >= 0.3 is 0 Å². The number of nitrogens with one attached hydrogen (secondary N) is 1.